The molecule has 0 N–H and O–H groups in total. The summed E-state index contributed by atoms with van der Waals surface area (Å²) in [5.41, 5.74) is -0.254. The molecule has 0 aliphatic carbocycles. The second-order valence-electron chi connectivity index (χ2n) is 4.22. The highest BCUT2D eigenvalue weighted by Crippen LogP contribution is 2.37. The zero-order valence-corrected chi connectivity index (χ0v) is 9.32. The van der Waals surface area contributed by atoms with E-state index in [0.717, 1.165) is 4.31 Å². The maximum absolute atomic E-state index is 11.0. The lowest BCUT2D eigenvalue weighted by Crippen LogP contribution is -2.59. The fourth-order valence-corrected chi connectivity index (χ4v) is 2.86. The normalized spacial score (nSPS) is 24.5. The molecule has 1 amide bonds. The van der Waals surface area contributed by atoms with E-state index in [1.807, 2.05) is 20.8 Å². The predicted molar refractivity (Wildman–Crippen MR) is 49.5 cm³/mol. The summed E-state index contributed by atoms with van der Waals surface area (Å²) in [6.07, 6.45) is 0.259. The number of nitrogens with zero attached hydrogens (tertiary/aromatic N) is 1. The summed E-state index contributed by atoms with van der Waals surface area (Å²) in [6.45, 7) is 5.62. The Kier molecular flexibility index (Phi) is 2.37. The van der Waals surface area contributed by atoms with E-state index in [9.17, 15) is 13.2 Å². The lowest BCUT2D eigenvalue weighted by Gasteiger charge is -2.44. The van der Waals surface area contributed by atoms with Crippen LogP contribution in [-0.2, 0) is 14.0 Å². The van der Waals surface area contributed by atoms with Crippen LogP contribution in [-0.4, -0.2) is 24.7 Å². The summed E-state index contributed by atoms with van der Waals surface area (Å²) < 4.78 is 22.7. The van der Waals surface area contributed by atoms with E-state index < -0.39 is 15.1 Å². The van der Waals surface area contributed by atoms with Crippen molar-refractivity contribution in [2.24, 2.45) is 5.41 Å². The molecule has 1 aliphatic rings. The number of amides is 1. The molecule has 1 fully saturated rings. The van der Waals surface area contributed by atoms with E-state index in [0.29, 0.717) is 0 Å². The van der Waals surface area contributed by atoms with Crippen molar-refractivity contribution >= 4 is 25.8 Å². The van der Waals surface area contributed by atoms with E-state index in [4.69, 9.17) is 10.7 Å². The van der Waals surface area contributed by atoms with Crippen molar-refractivity contribution < 1.29 is 13.2 Å². The van der Waals surface area contributed by atoms with Crippen LogP contribution in [0, 0.1) is 5.41 Å². The molecule has 0 saturated carbocycles. The summed E-state index contributed by atoms with van der Waals surface area (Å²) in [5.74, 6) is -0.421. The van der Waals surface area contributed by atoms with Gasteiger partial charge in [0.15, 0.2) is 0 Å². The molecule has 1 atom stereocenters. The van der Waals surface area contributed by atoms with Crippen molar-refractivity contribution in [3.8, 4) is 0 Å². The minimum Gasteiger partial charge on any atom is -0.274 e. The van der Waals surface area contributed by atoms with Gasteiger partial charge in [-0.25, -0.2) is 4.31 Å². The van der Waals surface area contributed by atoms with E-state index in [1.54, 1.807) is 0 Å². The van der Waals surface area contributed by atoms with E-state index in [2.05, 4.69) is 0 Å². The van der Waals surface area contributed by atoms with Gasteiger partial charge in [0.05, 0.1) is 12.5 Å². The van der Waals surface area contributed by atoms with Gasteiger partial charge in [0.25, 0.3) is 0 Å². The molecule has 0 bridgehead atoms. The van der Waals surface area contributed by atoms with Gasteiger partial charge in [-0.1, -0.05) is 20.8 Å². The minimum atomic E-state index is -3.89. The van der Waals surface area contributed by atoms with E-state index >= 15 is 0 Å². The quantitative estimate of drug-likeness (QED) is 0.496. The monoisotopic (exact) mass is 225 g/mol. The van der Waals surface area contributed by atoms with Gasteiger partial charge < -0.3 is 0 Å². The van der Waals surface area contributed by atoms with Crippen LogP contribution in [0.4, 0.5) is 0 Å². The molecule has 1 unspecified atom stereocenters. The van der Waals surface area contributed by atoms with Crippen molar-refractivity contribution in [2.45, 2.75) is 33.2 Å². The summed E-state index contributed by atoms with van der Waals surface area (Å²) in [7, 11) is 1.22. The van der Waals surface area contributed by atoms with Gasteiger partial charge in [-0.05, 0) is 5.41 Å². The standard InChI is InChI=1S/C7H12ClNO3S/c1-7(2,3)5-4-6(10)9(5)13(8,11)12/h5H,4H2,1-3H3. The van der Waals surface area contributed by atoms with Gasteiger partial charge >= 0.3 is 9.24 Å². The third-order valence-corrected chi connectivity index (χ3v) is 3.51. The molecule has 76 valence electrons. The molecule has 1 aliphatic heterocycles. The molecule has 13 heavy (non-hydrogen) atoms. The molecule has 0 spiro atoms. The summed E-state index contributed by atoms with van der Waals surface area (Å²) >= 11 is 0. The molecule has 0 aromatic carbocycles. The fourth-order valence-electron chi connectivity index (χ4n) is 1.33. The first-order valence-corrected chi connectivity index (χ1v) is 6.17. The predicted octanol–water partition coefficient (Wildman–Crippen LogP) is 1.12. The van der Waals surface area contributed by atoms with Crippen LogP contribution >= 0.6 is 10.7 Å². The van der Waals surface area contributed by atoms with Crippen LogP contribution in [0.2, 0.25) is 0 Å². The zero-order chi connectivity index (χ0) is 10.4. The number of hydrogen-bond donors (Lipinski definition) is 0. The maximum Gasteiger partial charge on any atom is 0.324 e. The number of carbonyl (C=O) groups is 1. The molecule has 1 heterocycles. The van der Waals surface area contributed by atoms with Crippen LogP contribution in [0.5, 0.6) is 0 Å². The van der Waals surface area contributed by atoms with E-state index in [1.165, 1.54) is 0 Å². The zero-order valence-electron chi connectivity index (χ0n) is 7.74. The van der Waals surface area contributed by atoms with Gasteiger partial charge in [0.1, 0.15) is 0 Å². The first-order chi connectivity index (χ1) is 5.64. The maximum atomic E-state index is 11.0. The number of β-lactam (4-membered cyclic amide) rings is 1. The van der Waals surface area contributed by atoms with Crippen molar-refractivity contribution in [3.63, 3.8) is 0 Å². The number of halogens is 1. The largest absolute Gasteiger partial charge is 0.324 e. The highest BCUT2D eigenvalue weighted by atomic mass is 35.7. The lowest BCUT2D eigenvalue weighted by molar-refractivity contribution is -0.141. The molecule has 6 heteroatoms. The Balaban J connectivity index is 2.92. The average molecular weight is 226 g/mol. The number of hydrogen-bond acceptors (Lipinski definition) is 3. The summed E-state index contributed by atoms with van der Waals surface area (Å²) in [4.78, 5) is 11.0. The molecule has 4 nitrogen and oxygen atoms in total. The minimum absolute atomic E-state index is 0.254. The fraction of sp³-hybridized carbons (Fsp3) is 0.857. The SMILES string of the molecule is CC(C)(C)C1CC(=O)N1S(=O)(=O)Cl. The van der Waals surface area contributed by atoms with Crippen LogP contribution in [0.1, 0.15) is 27.2 Å². The molecular weight excluding hydrogens is 214 g/mol. The Morgan fingerprint density at radius 3 is 2.08 bits per heavy atom. The third kappa shape index (κ3) is 1.96. The molecule has 1 rings (SSSR count). The van der Waals surface area contributed by atoms with Crippen molar-refractivity contribution in [2.75, 3.05) is 0 Å². The number of carbonyl (C=O) groups excluding carboxylic acids is 1. The van der Waals surface area contributed by atoms with Crippen LogP contribution in [0.15, 0.2) is 0 Å². The second kappa shape index (κ2) is 2.85. The smallest absolute Gasteiger partial charge is 0.274 e. The topological polar surface area (TPSA) is 54.5 Å². The first kappa shape index (κ1) is 10.8. The third-order valence-electron chi connectivity index (χ3n) is 2.13. The highest BCUT2D eigenvalue weighted by molar-refractivity contribution is 8.12. The van der Waals surface area contributed by atoms with Gasteiger partial charge in [0, 0.05) is 10.7 Å². The van der Waals surface area contributed by atoms with Crippen LogP contribution in [0.3, 0.4) is 0 Å². The Hall–Kier alpha value is -0.290. The Morgan fingerprint density at radius 1 is 1.46 bits per heavy atom. The summed E-state index contributed by atoms with van der Waals surface area (Å²) in [5, 5.41) is 0. The first-order valence-electron chi connectivity index (χ1n) is 3.91. The van der Waals surface area contributed by atoms with Gasteiger partial charge in [0.2, 0.25) is 5.91 Å². The lowest BCUT2D eigenvalue weighted by atomic mass is 9.80. The Labute approximate surface area is 82.4 Å². The Bertz CT molecular complexity index is 330. The molecule has 0 aromatic rings. The van der Waals surface area contributed by atoms with E-state index in [-0.39, 0.29) is 17.9 Å². The molecule has 0 aromatic heterocycles. The average Bonchev–Trinajstić information content (AvgIpc) is 1.75. The number of rotatable bonds is 1. The van der Waals surface area contributed by atoms with Crippen molar-refractivity contribution in [1.82, 2.24) is 4.31 Å². The van der Waals surface area contributed by atoms with Crippen molar-refractivity contribution in [1.29, 1.82) is 0 Å². The summed E-state index contributed by atoms with van der Waals surface area (Å²) in [6, 6.07) is -0.303. The van der Waals surface area contributed by atoms with Gasteiger partial charge in [-0.15, -0.1) is 0 Å². The van der Waals surface area contributed by atoms with Gasteiger partial charge in [-0.3, -0.25) is 4.79 Å². The van der Waals surface area contributed by atoms with Gasteiger partial charge in [-0.2, -0.15) is 8.42 Å². The molecule has 1 saturated heterocycles. The Morgan fingerprint density at radius 2 is 1.92 bits per heavy atom. The molecule has 0 radical (unpaired) electrons. The van der Waals surface area contributed by atoms with Crippen LogP contribution in [0.25, 0.3) is 0 Å². The second-order valence-corrected chi connectivity index (χ2v) is 6.61. The highest BCUT2D eigenvalue weighted by Gasteiger charge is 2.49. The van der Waals surface area contributed by atoms with Crippen molar-refractivity contribution in [3.05, 3.63) is 0 Å². The van der Waals surface area contributed by atoms with Crippen LogP contribution < -0.4 is 0 Å². The molecular formula is C7H12ClNO3S.